The second kappa shape index (κ2) is 7.63. The Hall–Kier alpha value is -2.13. The molecule has 2 heterocycles. The maximum Gasteiger partial charge on any atom is 0.323 e. The molecule has 2 atom stereocenters. The van der Waals surface area contributed by atoms with E-state index in [0.29, 0.717) is 31.7 Å². The zero-order valence-electron chi connectivity index (χ0n) is 14.2. The highest BCUT2D eigenvalue weighted by atomic mass is 32.2. The standard InChI is InChI=1S/C17H19F2N3O3S/c1-17(19,26(24)14-4-2-3-13(18)11-14)12-5-8-22(9-6-12)16(23)20-15-7-10-25-21-15/h2-4,7,10-12H,5-6,8-9H2,1H3,(H,20,21,23)/t17-,26?/m1/s1. The van der Waals surface area contributed by atoms with Gasteiger partial charge in [0.25, 0.3) is 5.00 Å². The molecule has 1 aromatic heterocycles. The Kier molecular flexibility index (Phi) is 5.47. The molecule has 0 saturated carbocycles. The van der Waals surface area contributed by atoms with E-state index in [0.717, 1.165) is 6.07 Å². The molecular weight excluding hydrogens is 364 g/mol. The van der Waals surface area contributed by atoms with Crippen LogP contribution in [0.15, 0.2) is 46.0 Å². The maximum atomic E-state index is 15.3. The lowest BCUT2D eigenvalue weighted by atomic mass is 9.92. The number of carbonyl (C=O) groups is 1. The quantitative estimate of drug-likeness (QED) is 0.819. The van der Waals surface area contributed by atoms with E-state index in [1.165, 1.54) is 37.5 Å². The van der Waals surface area contributed by atoms with E-state index in [1.54, 1.807) is 4.90 Å². The predicted octanol–water partition coefficient (Wildman–Crippen LogP) is 3.55. The van der Waals surface area contributed by atoms with Crippen LogP contribution in [-0.4, -0.2) is 38.7 Å². The summed E-state index contributed by atoms with van der Waals surface area (Å²) in [5, 5.41) is 4.18. The van der Waals surface area contributed by atoms with Crippen molar-refractivity contribution in [3.8, 4) is 0 Å². The van der Waals surface area contributed by atoms with Crippen LogP contribution in [0.1, 0.15) is 19.8 Å². The lowest BCUT2D eigenvalue weighted by molar-refractivity contribution is 0.117. The molecule has 26 heavy (non-hydrogen) atoms. The van der Waals surface area contributed by atoms with Crippen LogP contribution in [0.3, 0.4) is 0 Å². The summed E-state index contributed by atoms with van der Waals surface area (Å²) in [5.74, 6) is -0.742. The third kappa shape index (κ3) is 3.99. The number of hydrogen-bond acceptors (Lipinski definition) is 4. The molecule has 140 valence electrons. The van der Waals surface area contributed by atoms with Crippen molar-refractivity contribution in [2.45, 2.75) is 29.7 Å². The summed E-state index contributed by atoms with van der Waals surface area (Å²) in [7, 11) is 0. The summed E-state index contributed by atoms with van der Waals surface area (Å²) in [6, 6.07) is 6.36. The average Bonchev–Trinajstić information content (AvgIpc) is 3.14. The fourth-order valence-electron chi connectivity index (χ4n) is 3.03. The van der Waals surface area contributed by atoms with Crippen LogP contribution < -0.4 is 5.32 Å². The van der Waals surface area contributed by atoms with Crippen LogP contribution in [0.5, 0.6) is 0 Å². The van der Waals surface area contributed by atoms with Crippen LogP contribution in [0.25, 0.3) is 0 Å². The van der Waals surface area contributed by atoms with Gasteiger partial charge in [-0.05, 0) is 25.0 Å². The van der Waals surface area contributed by atoms with Crippen molar-refractivity contribution in [3.05, 3.63) is 42.4 Å². The summed E-state index contributed by atoms with van der Waals surface area (Å²) in [4.78, 5) is 13.8. The molecule has 1 aromatic carbocycles. The van der Waals surface area contributed by atoms with Gasteiger partial charge in [0, 0.05) is 49.2 Å². The number of halogens is 2. The van der Waals surface area contributed by atoms with E-state index in [4.69, 9.17) is 0 Å². The number of hydrogen-bond donors (Lipinski definition) is 1. The normalized spacial score (nSPS) is 19.0. The fourth-order valence-corrected chi connectivity index (χ4v) is 4.45. The van der Waals surface area contributed by atoms with E-state index in [2.05, 4.69) is 15.0 Å². The largest absolute Gasteiger partial charge is 0.609 e. The van der Waals surface area contributed by atoms with Gasteiger partial charge in [-0.3, -0.25) is 5.32 Å². The summed E-state index contributed by atoms with van der Waals surface area (Å²) in [5.41, 5.74) is 0. The van der Waals surface area contributed by atoms with Crippen LogP contribution >= 0.6 is 0 Å². The molecule has 1 saturated heterocycles. The smallest absolute Gasteiger partial charge is 0.323 e. The first-order valence-electron chi connectivity index (χ1n) is 8.20. The Morgan fingerprint density at radius 2 is 2.15 bits per heavy atom. The molecule has 6 nitrogen and oxygen atoms in total. The number of urea groups is 1. The maximum absolute atomic E-state index is 15.3. The summed E-state index contributed by atoms with van der Waals surface area (Å²) >= 11 is -2.00. The highest BCUT2D eigenvalue weighted by molar-refractivity contribution is 7.92. The van der Waals surface area contributed by atoms with Crippen LogP contribution in [0, 0.1) is 11.7 Å². The van der Waals surface area contributed by atoms with Gasteiger partial charge in [-0.2, -0.15) is 4.39 Å². The second-order valence-electron chi connectivity index (χ2n) is 6.29. The van der Waals surface area contributed by atoms with Crippen molar-refractivity contribution in [1.82, 2.24) is 10.1 Å². The SMILES string of the molecule is C[C@](F)(C1CCN(C(=O)Nc2ccon2)CC1)[S+]([O-])c1cccc(F)c1. The molecule has 0 aliphatic carbocycles. The molecular formula is C17H19F2N3O3S. The van der Waals surface area contributed by atoms with Gasteiger partial charge in [-0.1, -0.05) is 11.2 Å². The minimum atomic E-state index is -2.01. The Morgan fingerprint density at radius 1 is 1.42 bits per heavy atom. The van der Waals surface area contributed by atoms with Gasteiger partial charge in [-0.15, -0.1) is 0 Å². The number of piperidine rings is 1. The monoisotopic (exact) mass is 383 g/mol. The molecule has 0 bridgehead atoms. The molecule has 1 N–H and O–H groups in total. The van der Waals surface area contributed by atoms with Crippen molar-refractivity contribution in [1.29, 1.82) is 0 Å². The zero-order chi connectivity index (χ0) is 18.7. The minimum Gasteiger partial charge on any atom is -0.609 e. The van der Waals surface area contributed by atoms with Crippen molar-refractivity contribution in [3.63, 3.8) is 0 Å². The Morgan fingerprint density at radius 3 is 2.77 bits per heavy atom. The predicted molar refractivity (Wildman–Crippen MR) is 92.1 cm³/mol. The number of alkyl halides is 1. The molecule has 0 radical (unpaired) electrons. The molecule has 1 aliphatic heterocycles. The molecule has 3 rings (SSSR count). The van der Waals surface area contributed by atoms with Gasteiger partial charge in [0.1, 0.15) is 12.1 Å². The summed E-state index contributed by atoms with van der Waals surface area (Å²) in [6.07, 6.45) is 2.07. The van der Waals surface area contributed by atoms with Gasteiger partial charge in [-0.25, -0.2) is 9.18 Å². The first-order valence-corrected chi connectivity index (χ1v) is 9.35. The van der Waals surface area contributed by atoms with Crippen LogP contribution in [-0.2, 0) is 11.2 Å². The zero-order valence-corrected chi connectivity index (χ0v) is 15.0. The number of aromatic nitrogens is 1. The van der Waals surface area contributed by atoms with Crippen LogP contribution in [0.2, 0.25) is 0 Å². The van der Waals surface area contributed by atoms with Crippen molar-refractivity contribution in [2.24, 2.45) is 5.92 Å². The highest BCUT2D eigenvalue weighted by Crippen LogP contribution is 2.39. The van der Waals surface area contributed by atoms with Gasteiger partial charge >= 0.3 is 6.03 Å². The summed E-state index contributed by atoms with van der Waals surface area (Å²) < 4.78 is 45.8. The Bertz CT molecular complexity index is 749. The van der Waals surface area contributed by atoms with E-state index in [-0.39, 0.29) is 10.9 Å². The van der Waals surface area contributed by atoms with Crippen LogP contribution in [0.4, 0.5) is 19.4 Å². The number of benzene rings is 1. The van der Waals surface area contributed by atoms with Crippen molar-refractivity contribution < 1.29 is 22.7 Å². The first kappa shape index (κ1) is 18.7. The third-order valence-electron chi connectivity index (χ3n) is 4.56. The highest BCUT2D eigenvalue weighted by Gasteiger charge is 2.48. The number of anilines is 1. The number of likely N-dealkylation sites (tertiary alicyclic amines) is 1. The number of amides is 2. The molecule has 2 aromatic rings. The van der Waals surface area contributed by atoms with E-state index in [9.17, 15) is 13.7 Å². The van der Waals surface area contributed by atoms with E-state index >= 15 is 4.39 Å². The van der Waals surface area contributed by atoms with Crippen molar-refractivity contribution >= 4 is 23.0 Å². The Balaban J connectivity index is 1.60. The minimum absolute atomic E-state index is 0.126. The van der Waals surface area contributed by atoms with Gasteiger partial charge in [0.15, 0.2) is 10.7 Å². The molecule has 9 heteroatoms. The molecule has 1 fully saturated rings. The fraction of sp³-hybridized carbons (Fsp3) is 0.412. The third-order valence-corrected chi connectivity index (χ3v) is 6.30. The summed E-state index contributed by atoms with van der Waals surface area (Å²) in [6.45, 7) is 1.94. The van der Waals surface area contributed by atoms with Gasteiger partial charge in [0.05, 0.1) is 0 Å². The average molecular weight is 383 g/mol. The first-order chi connectivity index (χ1) is 12.4. The van der Waals surface area contributed by atoms with E-state index in [1.807, 2.05) is 0 Å². The number of rotatable bonds is 4. The van der Waals surface area contributed by atoms with Gasteiger partial charge in [0.2, 0.25) is 0 Å². The number of carbonyl (C=O) groups excluding carboxylic acids is 1. The Labute approximate surface area is 152 Å². The molecule has 1 unspecified atom stereocenters. The molecule has 1 aliphatic rings. The molecule has 2 amide bonds. The second-order valence-corrected chi connectivity index (χ2v) is 8.10. The lowest BCUT2D eigenvalue weighted by Gasteiger charge is -2.37. The molecule has 0 spiro atoms. The van der Waals surface area contributed by atoms with Crippen molar-refractivity contribution in [2.75, 3.05) is 18.4 Å². The number of nitrogens with one attached hydrogen (secondary N) is 1. The van der Waals surface area contributed by atoms with E-state index < -0.39 is 27.9 Å². The lowest BCUT2D eigenvalue weighted by Crippen LogP contribution is -2.48. The number of nitrogens with zero attached hydrogens (tertiary/aromatic N) is 2. The topological polar surface area (TPSA) is 81.4 Å². The van der Waals surface area contributed by atoms with Gasteiger partial charge < -0.3 is 14.0 Å².